The topological polar surface area (TPSA) is 107 Å². The molecule has 0 atom stereocenters. The highest BCUT2D eigenvalue weighted by molar-refractivity contribution is 7.99. The number of fused-ring (bicyclic) bond motifs is 3. The molecule has 218 valence electrons. The Morgan fingerprint density at radius 2 is 1.41 bits per heavy atom. The summed E-state index contributed by atoms with van der Waals surface area (Å²) in [4.78, 5) is 25.4. The lowest BCUT2D eigenvalue weighted by atomic mass is 10.1. The fourth-order valence-corrected chi connectivity index (χ4v) is 4.74. The van der Waals surface area contributed by atoms with Crippen LogP contribution in [0.2, 0.25) is 0 Å². The van der Waals surface area contributed by atoms with E-state index in [4.69, 9.17) is 14.2 Å². The number of pyridine rings is 3. The summed E-state index contributed by atoms with van der Waals surface area (Å²) in [6.07, 6.45) is 1.74. The Labute approximate surface area is 246 Å². The van der Waals surface area contributed by atoms with Gasteiger partial charge in [-0.1, -0.05) is 48.1 Å². The third kappa shape index (κ3) is 8.13. The molecule has 6 heterocycles. The Balaban J connectivity index is 0.000000142. The largest absolute Gasteiger partial charge is 0.486 e. The van der Waals surface area contributed by atoms with Crippen LogP contribution in [-0.4, -0.2) is 46.4 Å². The van der Waals surface area contributed by atoms with E-state index in [0.717, 1.165) is 45.8 Å². The minimum atomic E-state index is -0.147. The number of nitrogens with zero attached hydrogens (tertiary/aromatic N) is 3. The summed E-state index contributed by atoms with van der Waals surface area (Å²) in [5, 5.41) is 5.91. The average molecular weight is 578 g/mol. The van der Waals surface area contributed by atoms with Crippen molar-refractivity contribution >= 4 is 29.3 Å². The van der Waals surface area contributed by atoms with Gasteiger partial charge in [-0.2, -0.15) is 0 Å². The van der Waals surface area contributed by atoms with E-state index in [1.54, 1.807) is 18.0 Å². The van der Waals surface area contributed by atoms with Crippen molar-refractivity contribution in [2.45, 2.75) is 64.2 Å². The number of hydrogen-bond donors (Lipinski definition) is 2. The average Bonchev–Trinajstić information content (AvgIpc) is 2.96. The summed E-state index contributed by atoms with van der Waals surface area (Å²) in [5.74, 6) is 5.78. The standard InChI is InChI=1S/C11H14N2S.C10H12N2O2.C10H13NO2/c1-7(2)9-4-5-10-11(13-9)12-8(3)6-14-10;1-6(2)7-3-4-8-10(11-7)12-9(13)5-14-8;1-7(2)8-5-9-10(6-11-8)13-4-3-12-9/h4-5,7H,3,6H2,1-2H3,(H,12,13);3-4,6H,5H2,1-2H3,(H,11,12,13);5-7H,3-4H2,1-2H3. The molecule has 0 saturated heterocycles. The maximum atomic E-state index is 11.0. The fraction of sp³-hybridized carbons (Fsp3) is 0.419. The van der Waals surface area contributed by atoms with E-state index in [9.17, 15) is 4.79 Å². The van der Waals surface area contributed by atoms with Crippen LogP contribution in [0.15, 0.2) is 53.7 Å². The molecule has 0 saturated carbocycles. The van der Waals surface area contributed by atoms with Crippen LogP contribution in [0.5, 0.6) is 17.2 Å². The SMILES string of the molecule is C=C1CSc2ccc(C(C)C)nc2N1.CC(C)c1cc2c(cn1)OCCO2.CC(C)c1ccc2c(n1)NC(=O)CO2. The lowest BCUT2D eigenvalue weighted by Gasteiger charge is -2.19. The predicted molar refractivity (Wildman–Crippen MR) is 164 cm³/mol. The number of amides is 1. The summed E-state index contributed by atoms with van der Waals surface area (Å²) in [5.41, 5.74) is 4.17. The second kappa shape index (κ2) is 13.7. The number of carbonyl (C=O) groups excluding carboxylic acids is 1. The van der Waals surface area contributed by atoms with E-state index >= 15 is 0 Å². The monoisotopic (exact) mass is 577 g/mol. The Hall–Kier alpha value is -3.79. The highest BCUT2D eigenvalue weighted by atomic mass is 32.2. The maximum absolute atomic E-state index is 11.0. The predicted octanol–water partition coefficient (Wildman–Crippen LogP) is 6.75. The smallest absolute Gasteiger partial charge is 0.263 e. The zero-order valence-electron chi connectivity index (χ0n) is 24.6. The van der Waals surface area contributed by atoms with Gasteiger partial charge in [0.15, 0.2) is 29.7 Å². The van der Waals surface area contributed by atoms with Crippen molar-refractivity contribution in [3.05, 3.63) is 65.9 Å². The van der Waals surface area contributed by atoms with Crippen LogP contribution in [0.4, 0.5) is 11.6 Å². The third-order valence-electron chi connectivity index (χ3n) is 6.30. The Morgan fingerprint density at radius 1 is 0.780 bits per heavy atom. The minimum absolute atomic E-state index is 0.0791. The number of nitrogens with one attached hydrogen (secondary N) is 2. The van der Waals surface area contributed by atoms with Crippen molar-refractivity contribution < 1.29 is 19.0 Å². The zero-order chi connectivity index (χ0) is 29.5. The molecule has 0 unspecified atom stereocenters. The molecule has 3 aromatic heterocycles. The van der Waals surface area contributed by atoms with Crippen LogP contribution in [0.25, 0.3) is 0 Å². The molecule has 2 N–H and O–H groups in total. The molecular weight excluding hydrogens is 538 g/mol. The Bertz CT molecular complexity index is 1320. The molecule has 41 heavy (non-hydrogen) atoms. The number of aromatic nitrogens is 3. The summed E-state index contributed by atoms with van der Waals surface area (Å²) >= 11 is 1.79. The summed E-state index contributed by atoms with van der Waals surface area (Å²) in [6.45, 7) is 17.9. The van der Waals surface area contributed by atoms with Crippen LogP contribution >= 0.6 is 11.8 Å². The lowest BCUT2D eigenvalue weighted by Crippen LogP contribution is -2.26. The highest BCUT2D eigenvalue weighted by Gasteiger charge is 2.18. The van der Waals surface area contributed by atoms with Crippen LogP contribution in [0.1, 0.15) is 76.4 Å². The van der Waals surface area contributed by atoms with Crippen molar-refractivity contribution in [3.8, 4) is 17.2 Å². The van der Waals surface area contributed by atoms with Crippen molar-refractivity contribution in [1.29, 1.82) is 0 Å². The molecule has 3 aliphatic rings. The maximum Gasteiger partial charge on any atom is 0.263 e. The highest BCUT2D eigenvalue weighted by Crippen LogP contribution is 2.34. The molecule has 0 bridgehead atoms. The zero-order valence-corrected chi connectivity index (χ0v) is 25.4. The molecule has 3 aliphatic heterocycles. The first-order valence-corrected chi connectivity index (χ1v) is 14.9. The molecule has 6 rings (SSSR count). The van der Waals surface area contributed by atoms with Gasteiger partial charge in [0.05, 0.1) is 11.1 Å². The summed E-state index contributed by atoms with van der Waals surface area (Å²) in [6, 6.07) is 9.96. The molecule has 0 fully saturated rings. The van der Waals surface area contributed by atoms with Gasteiger partial charge < -0.3 is 24.8 Å². The summed E-state index contributed by atoms with van der Waals surface area (Å²) in [7, 11) is 0. The summed E-state index contributed by atoms with van der Waals surface area (Å²) < 4.78 is 16.0. The van der Waals surface area contributed by atoms with Gasteiger partial charge in [-0.25, -0.2) is 9.97 Å². The first-order valence-electron chi connectivity index (χ1n) is 13.9. The lowest BCUT2D eigenvalue weighted by molar-refractivity contribution is -0.118. The molecule has 0 spiro atoms. The quantitative estimate of drug-likeness (QED) is 0.349. The van der Waals surface area contributed by atoms with E-state index in [-0.39, 0.29) is 12.5 Å². The molecule has 3 aromatic rings. The fourth-order valence-electron chi connectivity index (χ4n) is 3.94. The molecule has 0 aromatic carbocycles. The first kappa shape index (κ1) is 30.2. The molecule has 0 radical (unpaired) electrons. The number of hydrogen-bond acceptors (Lipinski definition) is 9. The van der Waals surface area contributed by atoms with E-state index in [1.807, 2.05) is 18.2 Å². The van der Waals surface area contributed by atoms with Gasteiger partial charge in [-0.05, 0) is 42.0 Å². The first-order chi connectivity index (χ1) is 19.6. The van der Waals surface area contributed by atoms with Gasteiger partial charge in [0.2, 0.25) is 0 Å². The third-order valence-corrected chi connectivity index (χ3v) is 7.43. The van der Waals surface area contributed by atoms with Gasteiger partial charge >= 0.3 is 0 Å². The van der Waals surface area contributed by atoms with Gasteiger partial charge in [0.25, 0.3) is 5.91 Å². The van der Waals surface area contributed by atoms with E-state index in [1.165, 1.54) is 4.90 Å². The van der Waals surface area contributed by atoms with Crippen molar-refractivity contribution in [1.82, 2.24) is 15.0 Å². The van der Waals surface area contributed by atoms with Gasteiger partial charge in [-0.3, -0.25) is 9.78 Å². The normalized spacial score (nSPS) is 14.9. The second-order valence-corrected chi connectivity index (χ2v) is 11.8. The van der Waals surface area contributed by atoms with Crippen molar-refractivity contribution in [2.75, 3.05) is 36.2 Å². The number of rotatable bonds is 3. The molecule has 9 nitrogen and oxygen atoms in total. The Morgan fingerprint density at radius 3 is 2.10 bits per heavy atom. The van der Waals surface area contributed by atoms with Gasteiger partial charge in [0.1, 0.15) is 19.0 Å². The van der Waals surface area contributed by atoms with Crippen LogP contribution < -0.4 is 24.8 Å². The van der Waals surface area contributed by atoms with E-state index < -0.39 is 0 Å². The number of ether oxygens (including phenoxy) is 3. The number of anilines is 2. The molecule has 0 aliphatic carbocycles. The second-order valence-electron chi connectivity index (χ2n) is 10.7. The number of thioether (sulfide) groups is 1. The van der Waals surface area contributed by atoms with Crippen molar-refractivity contribution in [3.63, 3.8) is 0 Å². The van der Waals surface area contributed by atoms with Gasteiger partial charge in [0, 0.05) is 34.6 Å². The van der Waals surface area contributed by atoms with E-state index in [2.05, 4.69) is 85.8 Å². The molecule has 10 heteroatoms. The number of carbonyl (C=O) groups is 1. The van der Waals surface area contributed by atoms with Crippen LogP contribution in [-0.2, 0) is 4.79 Å². The van der Waals surface area contributed by atoms with Gasteiger partial charge in [-0.15, -0.1) is 11.8 Å². The van der Waals surface area contributed by atoms with Crippen LogP contribution in [0.3, 0.4) is 0 Å². The van der Waals surface area contributed by atoms with E-state index in [0.29, 0.717) is 42.5 Å². The molecule has 1 amide bonds. The van der Waals surface area contributed by atoms with Crippen LogP contribution in [0, 0.1) is 0 Å². The van der Waals surface area contributed by atoms with Crippen molar-refractivity contribution in [2.24, 2.45) is 0 Å². The minimum Gasteiger partial charge on any atom is -0.486 e. The molecular formula is C31H39N5O4S. The Kier molecular flexibility index (Phi) is 10.1.